The quantitative estimate of drug-likeness (QED) is 0.0678. The molecule has 1 heterocycles. The van der Waals surface area contributed by atoms with E-state index >= 15 is 0 Å². The molecule has 0 saturated carbocycles. The Hall–Kier alpha value is -7.59. The van der Waals surface area contributed by atoms with Crippen LogP contribution in [0.25, 0.3) is 10.8 Å². The van der Waals surface area contributed by atoms with E-state index < -0.39 is 207 Å². The Labute approximate surface area is 432 Å². The molecule has 0 radical (unpaired) electrons. The predicted octanol–water partition coefficient (Wildman–Crippen LogP) is 13.4. The van der Waals surface area contributed by atoms with Gasteiger partial charge in [0, 0.05) is 11.6 Å². The highest BCUT2D eigenvalue weighted by Gasteiger charge is 2.47. The van der Waals surface area contributed by atoms with E-state index in [1.807, 2.05) is 36.4 Å². The van der Waals surface area contributed by atoms with Crippen molar-refractivity contribution in [2.75, 3.05) is 6.61 Å². The van der Waals surface area contributed by atoms with E-state index in [1.165, 1.54) is 0 Å². The van der Waals surface area contributed by atoms with Gasteiger partial charge in [0.1, 0.15) is 12.8 Å². The minimum absolute atomic E-state index is 0.0515. The third-order valence-corrected chi connectivity index (χ3v) is 12.2. The zero-order valence-corrected chi connectivity index (χ0v) is 39.1. The number of fused-ring (bicyclic) bond motifs is 1. The number of carbonyl (C=O) groups is 2. The molecule has 0 amide bonds. The number of alkyl halides is 24. The first kappa shape index (κ1) is 61.6. The van der Waals surface area contributed by atoms with Crippen LogP contribution in [0.3, 0.4) is 0 Å². The number of benzene rings is 6. The van der Waals surface area contributed by atoms with Gasteiger partial charge in [-0.3, -0.25) is 9.59 Å². The molecule has 80 heavy (non-hydrogen) atoms. The van der Waals surface area contributed by atoms with Crippen molar-refractivity contribution in [2.24, 2.45) is 0 Å². The summed E-state index contributed by atoms with van der Waals surface area (Å²) in [7, 11) is 0. The maximum Gasteiger partial charge on any atom is 0.416 e. The maximum absolute atomic E-state index is 14.2. The molecule has 0 aliphatic heterocycles. The molecule has 0 bridgehead atoms. The van der Waals surface area contributed by atoms with Crippen molar-refractivity contribution in [3.05, 3.63) is 195 Å². The van der Waals surface area contributed by atoms with Crippen molar-refractivity contribution in [3.63, 3.8) is 0 Å². The Morgan fingerprint density at radius 1 is 0.362 bits per heavy atom. The fourth-order valence-electron chi connectivity index (χ4n) is 8.72. The molecule has 0 aliphatic rings. The van der Waals surface area contributed by atoms with Crippen LogP contribution in [0.1, 0.15) is 65.4 Å². The summed E-state index contributed by atoms with van der Waals surface area (Å²) >= 11 is 0. The van der Waals surface area contributed by atoms with Crippen LogP contribution in [0, 0.1) is 0 Å². The van der Waals surface area contributed by atoms with Crippen molar-refractivity contribution in [1.29, 1.82) is 0 Å². The SMILES string of the molecule is FC(F)(F)c1cc([B-](c2cc(C(F)(F)F)cc(C(F)(F)F)c2)(c2cc(C(F)(F)F)cc(C(F)(F)F)c2)c2cc(C(F)(F)F)cc(C(F)(F)F)c2)cc(C(F)(F)F)c1.O=C(C[n+]1ccc2ccccc2c1C(=O)CO)c1ccccc1. The highest BCUT2D eigenvalue weighted by atomic mass is 19.4. The molecule has 0 aliphatic carbocycles. The van der Waals surface area contributed by atoms with Crippen LogP contribution < -0.4 is 26.4 Å². The first-order chi connectivity index (χ1) is 36.5. The summed E-state index contributed by atoms with van der Waals surface area (Å²) in [5, 5.41) is 10.9. The summed E-state index contributed by atoms with van der Waals surface area (Å²) in [5.41, 5.74) is -29.3. The first-order valence-electron chi connectivity index (χ1n) is 22.0. The topological polar surface area (TPSA) is 58.2 Å². The van der Waals surface area contributed by atoms with Crippen molar-refractivity contribution < 1.29 is 125 Å². The van der Waals surface area contributed by atoms with Crippen LogP contribution in [0.5, 0.6) is 0 Å². The third kappa shape index (κ3) is 13.5. The maximum atomic E-state index is 14.2. The van der Waals surface area contributed by atoms with Crippen molar-refractivity contribution in [3.8, 4) is 0 Å². The van der Waals surface area contributed by atoms with Gasteiger partial charge in [-0.1, -0.05) is 97.1 Å². The molecule has 1 N–H and O–H groups in total. The Morgan fingerprint density at radius 2 is 0.637 bits per heavy atom. The molecule has 0 unspecified atom stereocenters. The number of hydrogen-bond donors (Lipinski definition) is 1. The van der Waals surface area contributed by atoms with E-state index in [0.717, 1.165) is 10.8 Å². The molecule has 0 fully saturated rings. The average molecular weight is 1170 g/mol. The van der Waals surface area contributed by atoms with Gasteiger partial charge in [0.05, 0.1) is 49.9 Å². The first-order valence-corrected chi connectivity index (χ1v) is 22.0. The van der Waals surface area contributed by atoms with Gasteiger partial charge in [0.15, 0.2) is 6.20 Å². The van der Waals surface area contributed by atoms with Crippen LogP contribution in [-0.2, 0) is 56.0 Å². The van der Waals surface area contributed by atoms with Gasteiger partial charge in [-0.25, -0.2) is 0 Å². The van der Waals surface area contributed by atoms with Crippen molar-refractivity contribution in [1.82, 2.24) is 0 Å². The summed E-state index contributed by atoms with van der Waals surface area (Å²) in [5.74, 6) is -0.486. The lowest BCUT2D eigenvalue weighted by Crippen LogP contribution is -2.75. The fraction of sp³-hybridized carbons (Fsp3) is 0.196. The van der Waals surface area contributed by atoms with E-state index in [-0.39, 0.29) is 12.3 Å². The predicted molar refractivity (Wildman–Crippen MR) is 236 cm³/mol. The summed E-state index contributed by atoms with van der Waals surface area (Å²) < 4.78 is 342. The van der Waals surface area contributed by atoms with E-state index in [1.54, 1.807) is 35.0 Å². The number of carbonyl (C=O) groups excluding carboxylic acids is 2. The summed E-state index contributed by atoms with van der Waals surface area (Å²) in [6.45, 7) is -0.538. The minimum Gasteiger partial charge on any atom is -0.388 e. The summed E-state index contributed by atoms with van der Waals surface area (Å²) in [6, 6.07) is 9.44. The Morgan fingerprint density at radius 3 is 0.912 bits per heavy atom. The summed E-state index contributed by atoms with van der Waals surface area (Å²) in [4.78, 5) is 24.6. The lowest BCUT2D eigenvalue weighted by atomic mass is 9.12. The van der Waals surface area contributed by atoms with Crippen molar-refractivity contribution >= 4 is 50.3 Å². The largest absolute Gasteiger partial charge is 0.416 e. The highest BCUT2D eigenvalue weighted by molar-refractivity contribution is 7.20. The van der Waals surface area contributed by atoms with Crippen LogP contribution in [0.4, 0.5) is 105 Å². The van der Waals surface area contributed by atoms with Gasteiger partial charge in [-0.15, -0.1) is 0 Å². The molecule has 7 aromatic rings. The van der Waals surface area contributed by atoms with Crippen LogP contribution in [0.2, 0.25) is 0 Å². The number of aliphatic hydroxyl groups is 1. The number of hydrogen-bond acceptors (Lipinski definition) is 3. The Kier molecular flexibility index (Phi) is 16.5. The summed E-state index contributed by atoms with van der Waals surface area (Å²) in [6.07, 6.45) is -53.1. The molecule has 0 saturated heterocycles. The van der Waals surface area contributed by atoms with Gasteiger partial charge in [-0.05, 0) is 35.7 Å². The number of nitrogens with zero attached hydrogens (tertiary/aromatic N) is 1. The number of pyridine rings is 1. The number of aliphatic hydroxyl groups excluding tert-OH is 1. The molecule has 6 aromatic carbocycles. The average Bonchev–Trinajstić information content (AvgIpc) is 3.34. The molecule has 1 aromatic heterocycles. The van der Waals surface area contributed by atoms with Gasteiger partial charge in [0.25, 0.3) is 11.5 Å². The third-order valence-electron chi connectivity index (χ3n) is 12.2. The van der Waals surface area contributed by atoms with Gasteiger partial charge in [0.2, 0.25) is 12.3 Å². The zero-order chi connectivity index (χ0) is 60.1. The number of Topliss-reactive ketones (excluding diaryl/α,β-unsaturated/α-hetero) is 2. The number of rotatable bonds is 9. The number of halogens is 24. The normalized spacial score (nSPS) is 13.3. The molecule has 4 nitrogen and oxygen atoms in total. The van der Waals surface area contributed by atoms with Crippen LogP contribution >= 0.6 is 0 Å². The fourth-order valence-corrected chi connectivity index (χ4v) is 8.72. The minimum atomic E-state index is -6.13. The van der Waals surface area contributed by atoms with E-state index in [4.69, 9.17) is 0 Å². The molecule has 29 heteroatoms. The lowest BCUT2D eigenvalue weighted by molar-refractivity contribution is -0.683. The second kappa shape index (κ2) is 21.5. The van der Waals surface area contributed by atoms with Gasteiger partial charge < -0.3 is 5.11 Å². The Balaban J connectivity index is 0.000000370. The smallest absolute Gasteiger partial charge is 0.388 e. The monoisotopic (exact) mass is 1170 g/mol. The standard InChI is InChI=1S/C32H12BF24.C19H16NO3/c34-25(35,36)13-1-14(26(37,38)39)6-21(5-13)33(22-7-15(27(40,41)42)2-16(8-22)28(43,44)45,23-9-17(29(46,47)48)3-18(10-23)30(49,50)51)24-11-19(31(52,53)54)4-20(12-24)32(55,56)57;21-13-18(23)19-16-9-5-4-6-14(16)10-11-20(19)12-17(22)15-7-2-1-3-8-15/h1-12H;1-11,21H,12-13H2/q-1;+1. The van der Waals surface area contributed by atoms with E-state index in [9.17, 15) is 120 Å². The Bertz CT molecular complexity index is 3000. The number of ketones is 2. The second-order valence-corrected chi connectivity index (χ2v) is 17.5. The molecule has 0 spiro atoms. The molecular weight excluding hydrogens is 1140 g/mol. The lowest BCUT2D eigenvalue weighted by Gasteiger charge is -2.46. The molecule has 0 atom stereocenters. The van der Waals surface area contributed by atoms with Crippen LogP contribution in [0.15, 0.2) is 140 Å². The van der Waals surface area contributed by atoms with E-state index in [0.29, 0.717) is 11.3 Å². The van der Waals surface area contributed by atoms with E-state index in [2.05, 4.69) is 0 Å². The van der Waals surface area contributed by atoms with Crippen molar-refractivity contribution in [2.45, 2.75) is 56.0 Å². The second-order valence-electron chi connectivity index (χ2n) is 17.5. The van der Waals surface area contributed by atoms with Gasteiger partial charge in [-0.2, -0.15) is 132 Å². The van der Waals surface area contributed by atoms with Gasteiger partial charge >= 0.3 is 49.4 Å². The molecule has 7 rings (SSSR count). The number of aromatic nitrogens is 1. The zero-order valence-electron chi connectivity index (χ0n) is 39.1. The van der Waals surface area contributed by atoms with Crippen LogP contribution in [-0.4, -0.2) is 29.4 Å². The molecular formula is C51H28BF24NO3. The molecule has 426 valence electrons. The highest BCUT2D eigenvalue weighted by Crippen LogP contribution is 2.41.